The molecule has 0 unspecified atom stereocenters. The van der Waals surface area contributed by atoms with Gasteiger partial charge in [-0.3, -0.25) is 14.7 Å². The Morgan fingerprint density at radius 1 is 1.46 bits per heavy atom. The standard InChI is InChI=1S/C17H14ClN3O2S/c1-3-8-21-16(22)15(9-12-5-4-11(2)23-12)24-17(21)20-14-6-7-19-10-13(14)18/h3-7,9-10H,1,8H2,2H3/b15-9+,20-17?. The second kappa shape index (κ2) is 7.07. The third-order valence-corrected chi connectivity index (χ3v) is 4.50. The Kier molecular flexibility index (Phi) is 4.87. The van der Waals surface area contributed by atoms with Crippen LogP contribution < -0.4 is 0 Å². The molecule has 2 aromatic rings. The fourth-order valence-corrected chi connectivity index (χ4v) is 3.25. The predicted octanol–water partition coefficient (Wildman–Crippen LogP) is 4.43. The molecule has 3 heterocycles. The maximum absolute atomic E-state index is 12.6. The zero-order chi connectivity index (χ0) is 17.1. The van der Waals surface area contributed by atoms with E-state index in [0.29, 0.717) is 33.1 Å². The molecular formula is C17H14ClN3O2S. The van der Waals surface area contributed by atoms with Crippen LogP contribution in [0.3, 0.4) is 0 Å². The second-order valence-corrected chi connectivity index (χ2v) is 6.40. The summed E-state index contributed by atoms with van der Waals surface area (Å²) in [6.07, 6.45) is 6.49. The van der Waals surface area contributed by atoms with Crippen LogP contribution >= 0.6 is 23.4 Å². The molecule has 7 heteroatoms. The maximum atomic E-state index is 12.6. The highest BCUT2D eigenvalue weighted by atomic mass is 35.5. The first-order valence-corrected chi connectivity index (χ1v) is 8.35. The Labute approximate surface area is 148 Å². The number of rotatable bonds is 4. The van der Waals surface area contributed by atoms with Crippen LogP contribution in [0.15, 0.2) is 57.6 Å². The van der Waals surface area contributed by atoms with Gasteiger partial charge in [-0.25, -0.2) is 4.99 Å². The van der Waals surface area contributed by atoms with Gasteiger partial charge in [0.2, 0.25) is 0 Å². The number of aryl methyl sites for hydroxylation is 1. The van der Waals surface area contributed by atoms with E-state index >= 15 is 0 Å². The molecule has 0 atom stereocenters. The molecule has 0 spiro atoms. The molecule has 1 aliphatic heterocycles. The molecule has 1 fully saturated rings. The van der Waals surface area contributed by atoms with Gasteiger partial charge in [0.25, 0.3) is 5.91 Å². The summed E-state index contributed by atoms with van der Waals surface area (Å²) in [6.45, 7) is 5.92. The van der Waals surface area contributed by atoms with Gasteiger partial charge in [0.05, 0.1) is 15.6 Å². The third-order valence-electron chi connectivity index (χ3n) is 3.20. The van der Waals surface area contributed by atoms with Crippen molar-refractivity contribution in [1.82, 2.24) is 9.88 Å². The van der Waals surface area contributed by atoms with E-state index in [4.69, 9.17) is 16.0 Å². The molecule has 0 N–H and O–H groups in total. The minimum absolute atomic E-state index is 0.141. The second-order valence-electron chi connectivity index (χ2n) is 4.98. The fraction of sp³-hybridized carbons (Fsp3) is 0.118. The van der Waals surface area contributed by atoms with Crippen LogP contribution in [0, 0.1) is 6.92 Å². The fourth-order valence-electron chi connectivity index (χ4n) is 2.10. The molecule has 0 saturated carbocycles. The number of amides is 1. The van der Waals surface area contributed by atoms with Crippen LogP contribution in [0.4, 0.5) is 5.69 Å². The molecule has 0 aliphatic carbocycles. The van der Waals surface area contributed by atoms with Crippen LogP contribution in [-0.2, 0) is 4.79 Å². The lowest BCUT2D eigenvalue weighted by atomic mass is 10.3. The van der Waals surface area contributed by atoms with Gasteiger partial charge in [-0.15, -0.1) is 6.58 Å². The molecule has 122 valence electrons. The van der Waals surface area contributed by atoms with Crippen LogP contribution in [0.1, 0.15) is 11.5 Å². The largest absolute Gasteiger partial charge is 0.462 e. The molecule has 0 radical (unpaired) electrons. The van der Waals surface area contributed by atoms with Gasteiger partial charge >= 0.3 is 0 Å². The SMILES string of the molecule is C=CCN1C(=O)/C(=C\c2ccc(C)o2)SC1=Nc1ccncc1Cl. The zero-order valence-corrected chi connectivity index (χ0v) is 14.5. The number of carbonyl (C=O) groups excluding carboxylic acids is 1. The molecule has 1 amide bonds. The summed E-state index contributed by atoms with van der Waals surface area (Å²) in [4.78, 5) is 23.1. The van der Waals surface area contributed by atoms with E-state index in [1.54, 1.807) is 29.3 Å². The zero-order valence-electron chi connectivity index (χ0n) is 12.9. The quantitative estimate of drug-likeness (QED) is 0.598. The van der Waals surface area contributed by atoms with E-state index in [9.17, 15) is 4.79 Å². The van der Waals surface area contributed by atoms with Crippen LogP contribution in [0.5, 0.6) is 0 Å². The molecule has 0 aromatic carbocycles. The van der Waals surface area contributed by atoms with Crippen LogP contribution in [-0.4, -0.2) is 27.5 Å². The van der Waals surface area contributed by atoms with Crippen molar-refractivity contribution in [2.45, 2.75) is 6.92 Å². The average molecular weight is 360 g/mol. The van der Waals surface area contributed by atoms with Crippen LogP contribution in [0.2, 0.25) is 5.02 Å². The van der Waals surface area contributed by atoms with Crippen molar-refractivity contribution in [3.8, 4) is 0 Å². The number of hydrogen-bond acceptors (Lipinski definition) is 5. The first-order chi connectivity index (χ1) is 11.6. The highest BCUT2D eigenvalue weighted by molar-refractivity contribution is 8.18. The van der Waals surface area contributed by atoms with Gasteiger partial charge in [0, 0.05) is 25.0 Å². The predicted molar refractivity (Wildman–Crippen MR) is 97.3 cm³/mol. The molecular weight excluding hydrogens is 346 g/mol. The summed E-state index contributed by atoms with van der Waals surface area (Å²) >= 11 is 7.38. The molecule has 5 nitrogen and oxygen atoms in total. The number of pyridine rings is 1. The highest BCUT2D eigenvalue weighted by Gasteiger charge is 2.33. The molecule has 1 saturated heterocycles. The highest BCUT2D eigenvalue weighted by Crippen LogP contribution is 2.35. The van der Waals surface area contributed by atoms with Gasteiger partial charge in [-0.1, -0.05) is 17.7 Å². The van der Waals surface area contributed by atoms with Crippen molar-refractivity contribution < 1.29 is 9.21 Å². The molecule has 1 aliphatic rings. The Balaban J connectivity index is 1.97. The maximum Gasteiger partial charge on any atom is 0.267 e. The number of aliphatic imine (C=N–C) groups is 1. The Hall–Kier alpha value is -2.31. The number of halogens is 1. The van der Waals surface area contributed by atoms with E-state index in [1.807, 2.05) is 19.1 Å². The Bertz CT molecular complexity index is 857. The molecule has 0 bridgehead atoms. The van der Waals surface area contributed by atoms with E-state index < -0.39 is 0 Å². The number of amidine groups is 1. The summed E-state index contributed by atoms with van der Waals surface area (Å²) in [5, 5.41) is 0.971. The molecule has 24 heavy (non-hydrogen) atoms. The van der Waals surface area contributed by atoms with E-state index in [1.165, 1.54) is 18.0 Å². The number of hydrogen-bond donors (Lipinski definition) is 0. The van der Waals surface area contributed by atoms with Gasteiger partial charge in [0.1, 0.15) is 11.5 Å². The first kappa shape index (κ1) is 16.5. The van der Waals surface area contributed by atoms with E-state index in [0.717, 1.165) is 5.76 Å². The monoisotopic (exact) mass is 359 g/mol. The van der Waals surface area contributed by atoms with Gasteiger partial charge in [-0.05, 0) is 36.9 Å². The lowest BCUT2D eigenvalue weighted by molar-refractivity contribution is -0.121. The molecule has 2 aromatic heterocycles. The van der Waals surface area contributed by atoms with Crippen molar-refractivity contribution in [2.24, 2.45) is 4.99 Å². The Morgan fingerprint density at radius 3 is 2.96 bits per heavy atom. The summed E-state index contributed by atoms with van der Waals surface area (Å²) in [5.41, 5.74) is 0.561. The number of furan rings is 1. The summed E-state index contributed by atoms with van der Waals surface area (Å²) < 4.78 is 5.51. The van der Waals surface area contributed by atoms with Gasteiger partial charge < -0.3 is 4.42 Å². The number of nitrogens with zero attached hydrogens (tertiary/aromatic N) is 3. The van der Waals surface area contributed by atoms with Gasteiger partial charge in [0.15, 0.2) is 5.17 Å². The summed E-state index contributed by atoms with van der Waals surface area (Å²) in [7, 11) is 0. The topological polar surface area (TPSA) is 58.7 Å². The van der Waals surface area contributed by atoms with Crippen LogP contribution in [0.25, 0.3) is 6.08 Å². The Morgan fingerprint density at radius 2 is 2.29 bits per heavy atom. The lowest BCUT2D eigenvalue weighted by Gasteiger charge is -2.12. The minimum atomic E-state index is -0.141. The average Bonchev–Trinajstić information content (AvgIpc) is 3.09. The van der Waals surface area contributed by atoms with E-state index in [2.05, 4.69) is 16.6 Å². The molecule has 3 rings (SSSR count). The van der Waals surface area contributed by atoms with E-state index in [-0.39, 0.29) is 5.91 Å². The number of thioether (sulfide) groups is 1. The van der Waals surface area contributed by atoms with Crippen molar-refractivity contribution in [3.63, 3.8) is 0 Å². The van der Waals surface area contributed by atoms with Crippen molar-refractivity contribution in [1.29, 1.82) is 0 Å². The number of aromatic nitrogens is 1. The third kappa shape index (κ3) is 3.44. The minimum Gasteiger partial charge on any atom is -0.462 e. The van der Waals surface area contributed by atoms with Crippen molar-refractivity contribution in [2.75, 3.05) is 6.54 Å². The van der Waals surface area contributed by atoms with Gasteiger partial charge in [-0.2, -0.15) is 0 Å². The van der Waals surface area contributed by atoms with Crippen molar-refractivity contribution in [3.05, 3.63) is 64.7 Å². The number of carbonyl (C=O) groups is 1. The smallest absolute Gasteiger partial charge is 0.267 e. The van der Waals surface area contributed by atoms with Crippen molar-refractivity contribution >= 4 is 46.2 Å². The summed E-state index contributed by atoms with van der Waals surface area (Å²) in [6, 6.07) is 5.37. The summed E-state index contributed by atoms with van der Waals surface area (Å²) in [5.74, 6) is 1.28. The first-order valence-electron chi connectivity index (χ1n) is 7.15. The lowest BCUT2D eigenvalue weighted by Crippen LogP contribution is -2.29. The normalized spacial score (nSPS) is 17.9.